The van der Waals surface area contributed by atoms with E-state index >= 15 is 0 Å². The summed E-state index contributed by atoms with van der Waals surface area (Å²) >= 11 is 0. The van der Waals surface area contributed by atoms with Crippen LogP contribution in [0.3, 0.4) is 0 Å². The van der Waals surface area contributed by atoms with E-state index < -0.39 is 0 Å². The number of hydrogen-bond donors (Lipinski definition) is 2. The maximum atomic E-state index is 11.7. The summed E-state index contributed by atoms with van der Waals surface area (Å²) in [6.07, 6.45) is 11.3. The van der Waals surface area contributed by atoms with Crippen molar-refractivity contribution in [1.29, 1.82) is 0 Å². The molecule has 0 aromatic carbocycles. The fourth-order valence-corrected chi connectivity index (χ4v) is 3.26. The Labute approximate surface area is 111 Å². The van der Waals surface area contributed by atoms with Crippen LogP contribution in [-0.2, 0) is 4.79 Å². The summed E-state index contributed by atoms with van der Waals surface area (Å²) in [5.74, 6) is 1.83. The van der Waals surface area contributed by atoms with Crippen molar-refractivity contribution in [2.75, 3.05) is 19.6 Å². The molecule has 104 valence electrons. The third-order valence-electron chi connectivity index (χ3n) is 4.49. The van der Waals surface area contributed by atoms with E-state index in [1.165, 1.54) is 44.9 Å². The van der Waals surface area contributed by atoms with E-state index in [0.29, 0.717) is 5.92 Å². The molecule has 1 aliphatic heterocycles. The molecule has 0 spiro atoms. The predicted octanol–water partition coefficient (Wildman–Crippen LogP) is 2.46. The number of carbonyl (C=O) groups excluding carboxylic acids is 1. The number of rotatable bonds is 6. The zero-order valence-electron chi connectivity index (χ0n) is 11.5. The smallest absolute Gasteiger partial charge is 0.220 e. The number of amides is 1. The largest absolute Gasteiger partial charge is 0.356 e. The predicted molar refractivity (Wildman–Crippen MR) is 74.4 cm³/mol. The van der Waals surface area contributed by atoms with E-state index in [1.807, 2.05) is 0 Å². The first-order chi connectivity index (χ1) is 8.84. The van der Waals surface area contributed by atoms with Gasteiger partial charge in [0.05, 0.1) is 0 Å². The number of carbonyl (C=O) groups is 1. The molecule has 18 heavy (non-hydrogen) atoms. The summed E-state index contributed by atoms with van der Waals surface area (Å²) in [5.41, 5.74) is 0. The van der Waals surface area contributed by atoms with Gasteiger partial charge in [-0.25, -0.2) is 0 Å². The van der Waals surface area contributed by atoms with Crippen LogP contribution in [0.5, 0.6) is 0 Å². The lowest BCUT2D eigenvalue weighted by Gasteiger charge is -2.21. The summed E-state index contributed by atoms with van der Waals surface area (Å²) in [5, 5.41) is 6.41. The fourth-order valence-electron chi connectivity index (χ4n) is 3.26. The lowest BCUT2D eigenvalue weighted by Crippen LogP contribution is -2.30. The third-order valence-corrected chi connectivity index (χ3v) is 4.49. The minimum Gasteiger partial charge on any atom is -0.356 e. The van der Waals surface area contributed by atoms with E-state index in [0.717, 1.165) is 38.4 Å². The van der Waals surface area contributed by atoms with E-state index in [1.54, 1.807) is 0 Å². The summed E-state index contributed by atoms with van der Waals surface area (Å²) < 4.78 is 0. The van der Waals surface area contributed by atoms with E-state index in [2.05, 4.69) is 10.6 Å². The molecular formula is C15H28N2O. The first-order valence-electron chi connectivity index (χ1n) is 7.82. The summed E-state index contributed by atoms with van der Waals surface area (Å²) in [6, 6.07) is 0. The topological polar surface area (TPSA) is 41.1 Å². The molecule has 2 N–H and O–H groups in total. The third kappa shape index (κ3) is 4.97. The minimum atomic E-state index is 0.262. The lowest BCUT2D eigenvalue weighted by atomic mass is 9.86. The van der Waals surface area contributed by atoms with Crippen LogP contribution in [0, 0.1) is 11.8 Å². The van der Waals surface area contributed by atoms with Gasteiger partial charge in [-0.1, -0.05) is 32.1 Å². The van der Waals surface area contributed by atoms with Crippen LogP contribution in [0.15, 0.2) is 0 Å². The quantitative estimate of drug-likeness (QED) is 0.762. The van der Waals surface area contributed by atoms with Crippen LogP contribution in [-0.4, -0.2) is 25.5 Å². The van der Waals surface area contributed by atoms with Gasteiger partial charge in [0, 0.05) is 13.0 Å². The van der Waals surface area contributed by atoms with E-state index in [4.69, 9.17) is 0 Å². The van der Waals surface area contributed by atoms with Gasteiger partial charge in [-0.3, -0.25) is 4.79 Å². The SMILES string of the molecule is O=C(CCCC1CCCCC1)NCC1CCNC1. The molecule has 3 nitrogen and oxygen atoms in total. The average Bonchev–Trinajstić information content (AvgIpc) is 2.91. The molecule has 0 radical (unpaired) electrons. The second-order valence-corrected chi connectivity index (χ2v) is 6.06. The van der Waals surface area contributed by atoms with Gasteiger partial charge >= 0.3 is 0 Å². The Morgan fingerprint density at radius 2 is 1.94 bits per heavy atom. The normalized spacial score (nSPS) is 25.2. The summed E-state index contributed by atoms with van der Waals surface area (Å²) in [7, 11) is 0. The monoisotopic (exact) mass is 252 g/mol. The van der Waals surface area contributed by atoms with Crippen molar-refractivity contribution in [2.45, 2.75) is 57.8 Å². The number of nitrogens with one attached hydrogen (secondary N) is 2. The molecule has 1 heterocycles. The molecule has 1 atom stereocenters. The summed E-state index contributed by atoms with van der Waals surface area (Å²) in [4.78, 5) is 11.7. The second-order valence-electron chi connectivity index (χ2n) is 6.06. The van der Waals surface area contributed by atoms with Crippen molar-refractivity contribution in [3.05, 3.63) is 0 Å². The van der Waals surface area contributed by atoms with Crippen molar-refractivity contribution < 1.29 is 4.79 Å². The number of hydrogen-bond acceptors (Lipinski definition) is 2. The van der Waals surface area contributed by atoms with E-state index in [9.17, 15) is 4.79 Å². The van der Waals surface area contributed by atoms with Gasteiger partial charge in [0.25, 0.3) is 0 Å². The molecule has 0 aromatic heterocycles. The van der Waals surface area contributed by atoms with Gasteiger partial charge in [-0.05, 0) is 44.2 Å². The molecule has 1 unspecified atom stereocenters. The molecule has 1 aliphatic carbocycles. The zero-order chi connectivity index (χ0) is 12.6. The van der Waals surface area contributed by atoms with Gasteiger partial charge < -0.3 is 10.6 Å². The Balaban J connectivity index is 1.48. The van der Waals surface area contributed by atoms with Crippen LogP contribution in [0.1, 0.15) is 57.8 Å². The highest BCUT2D eigenvalue weighted by molar-refractivity contribution is 5.75. The van der Waals surface area contributed by atoms with Gasteiger partial charge in [-0.15, -0.1) is 0 Å². The Kier molecular flexibility index (Phi) is 5.98. The Morgan fingerprint density at radius 1 is 1.11 bits per heavy atom. The average molecular weight is 252 g/mol. The molecule has 0 aromatic rings. The van der Waals surface area contributed by atoms with Crippen LogP contribution < -0.4 is 10.6 Å². The van der Waals surface area contributed by atoms with Crippen LogP contribution in [0.4, 0.5) is 0 Å². The van der Waals surface area contributed by atoms with Crippen LogP contribution in [0.2, 0.25) is 0 Å². The summed E-state index contributed by atoms with van der Waals surface area (Å²) in [6.45, 7) is 3.06. The molecule has 3 heteroatoms. The molecular weight excluding hydrogens is 224 g/mol. The highest BCUT2D eigenvalue weighted by Gasteiger charge is 2.16. The van der Waals surface area contributed by atoms with Crippen molar-refractivity contribution in [2.24, 2.45) is 11.8 Å². The second kappa shape index (κ2) is 7.78. The zero-order valence-corrected chi connectivity index (χ0v) is 11.5. The van der Waals surface area contributed by atoms with Gasteiger partial charge in [0.1, 0.15) is 0 Å². The van der Waals surface area contributed by atoms with Crippen molar-refractivity contribution in [3.8, 4) is 0 Å². The van der Waals surface area contributed by atoms with Gasteiger partial charge in [-0.2, -0.15) is 0 Å². The van der Waals surface area contributed by atoms with Crippen LogP contribution >= 0.6 is 0 Å². The Bertz CT molecular complexity index is 243. The standard InChI is InChI=1S/C15H28N2O/c18-15(17-12-14-9-10-16-11-14)8-4-7-13-5-2-1-3-6-13/h13-14,16H,1-12H2,(H,17,18). The maximum Gasteiger partial charge on any atom is 0.220 e. The Hall–Kier alpha value is -0.570. The molecule has 2 rings (SSSR count). The van der Waals surface area contributed by atoms with Crippen molar-refractivity contribution >= 4 is 5.91 Å². The Morgan fingerprint density at radius 3 is 2.67 bits per heavy atom. The first-order valence-corrected chi connectivity index (χ1v) is 7.82. The van der Waals surface area contributed by atoms with Crippen molar-refractivity contribution in [1.82, 2.24) is 10.6 Å². The van der Waals surface area contributed by atoms with E-state index in [-0.39, 0.29) is 5.91 Å². The maximum absolute atomic E-state index is 11.7. The molecule has 1 amide bonds. The highest BCUT2D eigenvalue weighted by atomic mass is 16.1. The lowest BCUT2D eigenvalue weighted by molar-refractivity contribution is -0.121. The first kappa shape index (κ1) is 13.9. The molecule has 1 saturated carbocycles. The molecule has 2 fully saturated rings. The fraction of sp³-hybridized carbons (Fsp3) is 0.933. The highest BCUT2D eigenvalue weighted by Crippen LogP contribution is 2.27. The van der Waals surface area contributed by atoms with Crippen molar-refractivity contribution in [3.63, 3.8) is 0 Å². The molecule has 0 bridgehead atoms. The minimum absolute atomic E-state index is 0.262. The van der Waals surface area contributed by atoms with Gasteiger partial charge in [0.2, 0.25) is 5.91 Å². The van der Waals surface area contributed by atoms with Gasteiger partial charge in [0.15, 0.2) is 0 Å². The van der Waals surface area contributed by atoms with Crippen LogP contribution in [0.25, 0.3) is 0 Å². The molecule has 1 saturated heterocycles. The molecule has 2 aliphatic rings.